The quantitative estimate of drug-likeness (QED) is 0.801. The zero-order valence-electron chi connectivity index (χ0n) is 16.5. The summed E-state index contributed by atoms with van der Waals surface area (Å²) in [6.45, 7) is 8.12. The van der Waals surface area contributed by atoms with Crippen molar-refractivity contribution in [1.82, 2.24) is 9.21 Å². The van der Waals surface area contributed by atoms with Crippen LogP contribution in [0.15, 0.2) is 23.1 Å². The maximum Gasteiger partial charge on any atom is 0.247 e. The van der Waals surface area contributed by atoms with Gasteiger partial charge in [-0.3, -0.25) is 9.59 Å². The molecule has 0 saturated carbocycles. The summed E-state index contributed by atoms with van der Waals surface area (Å²) in [4.78, 5) is 26.3. The van der Waals surface area contributed by atoms with Crippen LogP contribution >= 0.6 is 0 Å². The largest absolute Gasteiger partial charge is 0.331 e. The standard InChI is InChI=1S/C19H29N3O4S/c1-5-21(6-2)27(25,26)18-13-16(11-10-14(18)3)20-19(24)17-9-7-8-12-22(17)15(4)23/h10-11,13,17H,5-9,12H2,1-4H3,(H,20,24)/t17-/m1/s1. The number of hydrogen-bond donors (Lipinski definition) is 1. The molecule has 0 aliphatic carbocycles. The minimum atomic E-state index is -3.62. The highest BCUT2D eigenvalue weighted by Gasteiger charge is 2.31. The molecule has 1 aliphatic rings. The molecule has 1 aliphatic heterocycles. The highest BCUT2D eigenvalue weighted by atomic mass is 32.2. The Bertz CT molecular complexity index is 803. The lowest BCUT2D eigenvalue weighted by atomic mass is 10.0. The van der Waals surface area contributed by atoms with Crippen LogP contribution in [0.2, 0.25) is 0 Å². The third kappa shape index (κ3) is 4.68. The lowest BCUT2D eigenvalue weighted by Gasteiger charge is -2.34. The third-order valence-corrected chi connectivity index (χ3v) is 7.18. The molecule has 1 aromatic rings. The number of carbonyl (C=O) groups excluding carboxylic acids is 2. The molecule has 1 fully saturated rings. The summed E-state index contributed by atoms with van der Waals surface area (Å²) in [6.07, 6.45) is 2.39. The Morgan fingerprint density at radius 1 is 1.22 bits per heavy atom. The van der Waals surface area contributed by atoms with E-state index in [0.717, 1.165) is 12.8 Å². The van der Waals surface area contributed by atoms with Crippen LogP contribution in [0.5, 0.6) is 0 Å². The Hall–Kier alpha value is -1.93. The lowest BCUT2D eigenvalue weighted by molar-refractivity contribution is -0.138. The van der Waals surface area contributed by atoms with Crippen LogP contribution in [0.1, 0.15) is 45.6 Å². The average molecular weight is 396 g/mol. The molecule has 0 aromatic heterocycles. The number of nitrogens with one attached hydrogen (secondary N) is 1. The molecule has 1 aromatic carbocycles. The number of likely N-dealkylation sites (tertiary alicyclic amines) is 1. The van der Waals surface area contributed by atoms with Gasteiger partial charge in [0.25, 0.3) is 0 Å². The van der Waals surface area contributed by atoms with Crippen molar-refractivity contribution in [2.45, 2.75) is 57.9 Å². The fourth-order valence-electron chi connectivity index (χ4n) is 3.46. The summed E-state index contributed by atoms with van der Waals surface area (Å²) in [7, 11) is -3.62. The fraction of sp³-hybridized carbons (Fsp3) is 0.579. The van der Waals surface area contributed by atoms with Crippen LogP contribution in [0.4, 0.5) is 5.69 Å². The van der Waals surface area contributed by atoms with Gasteiger partial charge in [-0.05, 0) is 43.9 Å². The van der Waals surface area contributed by atoms with Crippen LogP contribution in [0.25, 0.3) is 0 Å². The van der Waals surface area contributed by atoms with Crippen molar-refractivity contribution >= 4 is 27.5 Å². The molecular formula is C19H29N3O4S. The van der Waals surface area contributed by atoms with Gasteiger partial charge in [-0.2, -0.15) is 4.31 Å². The number of nitrogens with zero attached hydrogens (tertiary/aromatic N) is 2. The molecule has 2 rings (SSSR count). The van der Waals surface area contributed by atoms with Gasteiger partial charge in [0.1, 0.15) is 6.04 Å². The predicted octanol–water partition coefficient (Wildman–Crippen LogP) is 2.37. The molecule has 0 bridgehead atoms. The van der Waals surface area contributed by atoms with Crippen molar-refractivity contribution < 1.29 is 18.0 Å². The van der Waals surface area contributed by atoms with E-state index in [2.05, 4.69) is 5.32 Å². The van der Waals surface area contributed by atoms with Crippen LogP contribution < -0.4 is 5.32 Å². The fourth-order valence-corrected chi connectivity index (χ4v) is 5.17. The van der Waals surface area contributed by atoms with Gasteiger partial charge in [0.15, 0.2) is 0 Å². The van der Waals surface area contributed by atoms with Crippen molar-refractivity contribution in [3.8, 4) is 0 Å². The van der Waals surface area contributed by atoms with E-state index in [1.165, 1.54) is 17.3 Å². The van der Waals surface area contributed by atoms with Crippen molar-refractivity contribution in [1.29, 1.82) is 0 Å². The van der Waals surface area contributed by atoms with E-state index >= 15 is 0 Å². The van der Waals surface area contributed by atoms with Crippen molar-refractivity contribution in [2.24, 2.45) is 0 Å². The van der Waals surface area contributed by atoms with Crippen LogP contribution in [-0.4, -0.2) is 55.1 Å². The molecular weight excluding hydrogens is 366 g/mol. The number of hydrogen-bond acceptors (Lipinski definition) is 4. The summed E-state index contributed by atoms with van der Waals surface area (Å²) in [6, 6.07) is 4.37. The molecule has 150 valence electrons. The number of sulfonamides is 1. The molecule has 0 radical (unpaired) electrons. The molecule has 1 saturated heterocycles. The first-order valence-corrected chi connectivity index (χ1v) is 10.8. The molecule has 0 spiro atoms. The van der Waals surface area contributed by atoms with E-state index in [0.29, 0.717) is 37.3 Å². The first kappa shape index (κ1) is 21.4. The number of piperidine rings is 1. The monoisotopic (exact) mass is 395 g/mol. The van der Waals surface area contributed by atoms with E-state index < -0.39 is 16.1 Å². The Kier molecular flexibility index (Phi) is 7.00. The van der Waals surface area contributed by atoms with E-state index in [1.54, 1.807) is 37.8 Å². The van der Waals surface area contributed by atoms with E-state index in [9.17, 15) is 18.0 Å². The summed E-state index contributed by atoms with van der Waals surface area (Å²) < 4.78 is 27.1. The zero-order chi connectivity index (χ0) is 20.2. The maximum atomic E-state index is 12.9. The lowest BCUT2D eigenvalue weighted by Crippen LogP contribution is -2.49. The highest BCUT2D eigenvalue weighted by molar-refractivity contribution is 7.89. The summed E-state index contributed by atoms with van der Waals surface area (Å²) in [5.41, 5.74) is 1.05. The number of rotatable bonds is 6. The Balaban J connectivity index is 2.28. The van der Waals surface area contributed by atoms with E-state index in [4.69, 9.17) is 0 Å². The SMILES string of the molecule is CCN(CC)S(=O)(=O)c1cc(NC(=O)[C@H]2CCCCN2C(C)=O)ccc1C. The second-order valence-electron chi connectivity index (χ2n) is 6.78. The molecule has 7 nitrogen and oxygen atoms in total. The van der Waals surface area contributed by atoms with Gasteiger partial charge in [-0.1, -0.05) is 19.9 Å². The van der Waals surface area contributed by atoms with Gasteiger partial charge in [0.05, 0.1) is 4.90 Å². The highest BCUT2D eigenvalue weighted by Crippen LogP contribution is 2.25. The van der Waals surface area contributed by atoms with Gasteiger partial charge in [0, 0.05) is 32.2 Å². The average Bonchev–Trinajstić information content (AvgIpc) is 2.63. The number of amides is 2. The molecule has 1 N–H and O–H groups in total. The first-order chi connectivity index (χ1) is 12.7. The first-order valence-electron chi connectivity index (χ1n) is 9.41. The Labute approximate surface area is 161 Å². The summed E-state index contributed by atoms with van der Waals surface area (Å²) >= 11 is 0. The molecule has 0 unspecified atom stereocenters. The second-order valence-corrected chi connectivity index (χ2v) is 8.69. The van der Waals surface area contributed by atoms with E-state index in [1.807, 2.05) is 0 Å². The second kappa shape index (κ2) is 8.84. The predicted molar refractivity (Wildman–Crippen MR) is 105 cm³/mol. The van der Waals surface area contributed by atoms with Crippen LogP contribution in [0.3, 0.4) is 0 Å². The van der Waals surface area contributed by atoms with Gasteiger partial charge in [0.2, 0.25) is 21.8 Å². The van der Waals surface area contributed by atoms with Gasteiger partial charge >= 0.3 is 0 Å². The van der Waals surface area contributed by atoms with Gasteiger partial charge in [-0.15, -0.1) is 0 Å². The third-order valence-electron chi connectivity index (χ3n) is 4.99. The van der Waals surface area contributed by atoms with E-state index in [-0.39, 0.29) is 16.7 Å². The van der Waals surface area contributed by atoms with Crippen molar-refractivity contribution in [2.75, 3.05) is 25.0 Å². The van der Waals surface area contributed by atoms with Crippen LogP contribution in [0, 0.1) is 6.92 Å². The Morgan fingerprint density at radius 2 is 1.89 bits per heavy atom. The van der Waals surface area contributed by atoms with Crippen molar-refractivity contribution in [3.05, 3.63) is 23.8 Å². The van der Waals surface area contributed by atoms with Gasteiger partial charge in [-0.25, -0.2) is 8.42 Å². The number of benzene rings is 1. The smallest absolute Gasteiger partial charge is 0.247 e. The van der Waals surface area contributed by atoms with Crippen molar-refractivity contribution in [3.63, 3.8) is 0 Å². The molecule has 1 heterocycles. The molecule has 8 heteroatoms. The number of anilines is 1. The molecule has 27 heavy (non-hydrogen) atoms. The molecule has 2 amide bonds. The Morgan fingerprint density at radius 3 is 2.48 bits per heavy atom. The van der Waals surface area contributed by atoms with Gasteiger partial charge < -0.3 is 10.2 Å². The van der Waals surface area contributed by atoms with Crippen LogP contribution in [-0.2, 0) is 19.6 Å². The normalized spacial score (nSPS) is 17.8. The summed E-state index contributed by atoms with van der Waals surface area (Å²) in [5, 5.41) is 2.80. The summed E-state index contributed by atoms with van der Waals surface area (Å²) in [5.74, 6) is -0.400. The molecule has 1 atom stereocenters. The number of aryl methyl sites for hydroxylation is 1. The number of carbonyl (C=O) groups is 2. The zero-order valence-corrected chi connectivity index (χ0v) is 17.3. The minimum absolute atomic E-state index is 0.122. The maximum absolute atomic E-state index is 12.9. The topological polar surface area (TPSA) is 86.8 Å². The minimum Gasteiger partial charge on any atom is -0.331 e.